The van der Waals surface area contributed by atoms with Crippen molar-refractivity contribution in [2.24, 2.45) is 28.6 Å². The SMILES string of the molecule is C[C@]12CC[C@H]3[C@@H](CC[C@]45O[C@H]4C(=O)CC[C@]35CO)[C@@H]1C[C@@H](Br)C2=O. The van der Waals surface area contributed by atoms with Gasteiger partial charge in [0.15, 0.2) is 11.6 Å². The summed E-state index contributed by atoms with van der Waals surface area (Å²) >= 11 is 3.60. The maximum Gasteiger partial charge on any atom is 0.164 e. The van der Waals surface area contributed by atoms with Gasteiger partial charge in [0.2, 0.25) is 0 Å². The van der Waals surface area contributed by atoms with Crippen LogP contribution in [0.2, 0.25) is 0 Å². The molecule has 0 unspecified atom stereocenters. The molecule has 5 rings (SSSR count). The molecule has 5 aliphatic rings. The van der Waals surface area contributed by atoms with Crippen LogP contribution in [0.15, 0.2) is 0 Å². The van der Waals surface area contributed by atoms with E-state index in [1.165, 1.54) is 0 Å². The zero-order chi connectivity index (χ0) is 16.9. The minimum Gasteiger partial charge on any atom is -0.396 e. The first-order chi connectivity index (χ1) is 11.4. The highest BCUT2D eigenvalue weighted by atomic mass is 79.9. The fourth-order valence-electron chi connectivity index (χ4n) is 7.34. The Morgan fingerprint density at radius 1 is 1.21 bits per heavy atom. The summed E-state index contributed by atoms with van der Waals surface area (Å²) < 4.78 is 6.02. The Hall–Kier alpha value is -0.260. The number of epoxide rings is 1. The van der Waals surface area contributed by atoms with Crippen LogP contribution >= 0.6 is 15.9 Å². The number of carbonyl (C=O) groups is 2. The van der Waals surface area contributed by atoms with Crippen molar-refractivity contribution in [3.8, 4) is 0 Å². The van der Waals surface area contributed by atoms with Crippen LogP contribution < -0.4 is 0 Å². The lowest BCUT2D eigenvalue weighted by Gasteiger charge is -2.58. The molecule has 0 aromatic carbocycles. The van der Waals surface area contributed by atoms with E-state index in [4.69, 9.17) is 4.74 Å². The number of hydrogen-bond donors (Lipinski definition) is 1. The lowest BCUT2D eigenvalue weighted by molar-refractivity contribution is -0.150. The highest BCUT2D eigenvalue weighted by molar-refractivity contribution is 9.10. The Kier molecular flexibility index (Phi) is 3.13. The second-order valence-electron chi connectivity index (χ2n) is 9.11. The van der Waals surface area contributed by atoms with E-state index >= 15 is 0 Å². The predicted molar refractivity (Wildman–Crippen MR) is 90.7 cm³/mol. The van der Waals surface area contributed by atoms with Crippen LogP contribution in [0, 0.1) is 28.6 Å². The lowest BCUT2D eigenvalue weighted by atomic mass is 9.44. The van der Waals surface area contributed by atoms with E-state index < -0.39 is 0 Å². The smallest absolute Gasteiger partial charge is 0.164 e. The van der Waals surface area contributed by atoms with Gasteiger partial charge in [-0.3, -0.25) is 9.59 Å². The first-order valence-electron chi connectivity index (χ1n) is 9.39. The molecule has 5 heteroatoms. The van der Waals surface area contributed by atoms with Crippen molar-refractivity contribution >= 4 is 27.5 Å². The number of fused-ring (bicyclic) bond motifs is 4. The highest BCUT2D eigenvalue weighted by Gasteiger charge is 2.78. The molecule has 0 radical (unpaired) electrons. The van der Waals surface area contributed by atoms with Crippen LogP contribution in [0.25, 0.3) is 0 Å². The summed E-state index contributed by atoms with van der Waals surface area (Å²) in [5.74, 6) is 1.88. The Bertz CT molecular complexity index is 635. The number of carbonyl (C=O) groups excluding carboxylic acids is 2. The van der Waals surface area contributed by atoms with Gasteiger partial charge in [-0.05, 0) is 56.3 Å². The van der Waals surface area contributed by atoms with Gasteiger partial charge in [0, 0.05) is 17.3 Å². The average Bonchev–Trinajstić information content (AvgIpc) is 3.27. The fourth-order valence-corrected chi connectivity index (χ4v) is 8.27. The van der Waals surface area contributed by atoms with Crippen LogP contribution in [0.5, 0.6) is 0 Å². The van der Waals surface area contributed by atoms with Gasteiger partial charge in [-0.1, -0.05) is 22.9 Å². The quantitative estimate of drug-likeness (QED) is 0.546. The molecule has 4 saturated carbocycles. The molecule has 0 amide bonds. The molecule has 1 spiro atoms. The molecule has 0 aromatic heterocycles. The predicted octanol–water partition coefficient (Wildman–Crippen LogP) is 2.64. The van der Waals surface area contributed by atoms with Crippen molar-refractivity contribution in [2.45, 2.75) is 68.4 Å². The van der Waals surface area contributed by atoms with Crippen LogP contribution in [-0.4, -0.2) is 39.8 Å². The fraction of sp³-hybridized carbons (Fsp3) is 0.895. The Morgan fingerprint density at radius 2 is 2.00 bits per heavy atom. The number of halogens is 1. The molecule has 4 aliphatic carbocycles. The van der Waals surface area contributed by atoms with E-state index in [2.05, 4.69) is 22.9 Å². The molecular formula is C19H25BrO4. The summed E-state index contributed by atoms with van der Waals surface area (Å²) in [6.07, 6.45) is 5.76. The zero-order valence-corrected chi connectivity index (χ0v) is 15.7. The molecule has 1 aliphatic heterocycles. The molecule has 1 saturated heterocycles. The third-order valence-corrected chi connectivity index (χ3v) is 9.41. The molecule has 1 N–H and O–H groups in total. The number of Topliss-reactive ketones (excluding diaryl/α,β-unsaturated/α-hetero) is 2. The van der Waals surface area contributed by atoms with Gasteiger partial charge < -0.3 is 9.84 Å². The van der Waals surface area contributed by atoms with Gasteiger partial charge in [0.05, 0.1) is 11.4 Å². The van der Waals surface area contributed by atoms with Crippen LogP contribution in [0.1, 0.15) is 51.9 Å². The average molecular weight is 397 g/mol. The maximum absolute atomic E-state index is 12.7. The van der Waals surface area contributed by atoms with Gasteiger partial charge in [-0.2, -0.15) is 0 Å². The van der Waals surface area contributed by atoms with Gasteiger partial charge in [-0.15, -0.1) is 0 Å². The van der Waals surface area contributed by atoms with Crippen molar-refractivity contribution in [3.05, 3.63) is 0 Å². The van der Waals surface area contributed by atoms with Crippen molar-refractivity contribution in [1.82, 2.24) is 0 Å². The van der Waals surface area contributed by atoms with E-state index in [1.54, 1.807) is 0 Å². The third-order valence-electron chi connectivity index (χ3n) is 8.62. The molecule has 0 aromatic rings. The maximum atomic E-state index is 12.7. The van der Waals surface area contributed by atoms with E-state index in [1.807, 2.05) is 0 Å². The lowest BCUT2D eigenvalue weighted by Crippen LogP contribution is -2.61. The second-order valence-corrected chi connectivity index (χ2v) is 10.2. The van der Waals surface area contributed by atoms with Gasteiger partial charge in [-0.25, -0.2) is 0 Å². The van der Waals surface area contributed by atoms with Crippen LogP contribution in [-0.2, 0) is 14.3 Å². The summed E-state index contributed by atoms with van der Waals surface area (Å²) in [6, 6.07) is 0. The van der Waals surface area contributed by atoms with Crippen molar-refractivity contribution in [1.29, 1.82) is 0 Å². The van der Waals surface area contributed by atoms with Crippen molar-refractivity contribution in [3.63, 3.8) is 0 Å². The van der Waals surface area contributed by atoms with E-state index in [0.717, 1.165) is 38.5 Å². The molecule has 132 valence electrons. The number of ether oxygens (including phenoxy) is 1. The molecule has 0 bridgehead atoms. The standard InChI is InChI=1S/C19H25BrO4/c1-17-5-3-11-10(12(17)8-13(20)15(17)23)2-7-19-16(24-19)14(22)4-6-18(11,19)9-21/h10-13,16,21H,2-9H2,1H3/t10-,11+,12+,13-,16+,17+,18+,19+/m1/s1. The first kappa shape index (κ1) is 16.0. The van der Waals surface area contributed by atoms with E-state index in [9.17, 15) is 14.7 Å². The number of ketones is 2. The molecule has 8 atom stereocenters. The van der Waals surface area contributed by atoms with Crippen molar-refractivity contribution < 1.29 is 19.4 Å². The highest BCUT2D eigenvalue weighted by Crippen LogP contribution is 2.71. The topological polar surface area (TPSA) is 66.9 Å². The monoisotopic (exact) mass is 396 g/mol. The summed E-state index contributed by atoms with van der Waals surface area (Å²) in [5, 5.41) is 10.4. The largest absolute Gasteiger partial charge is 0.396 e. The Balaban J connectivity index is 1.54. The minimum atomic E-state index is -0.386. The summed E-state index contributed by atoms with van der Waals surface area (Å²) in [4.78, 5) is 24.9. The summed E-state index contributed by atoms with van der Waals surface area (Å²) in [7, 11) is 0. The molecule has 4 nitrogen and oxygen atoms in total. The van der Waals surface area contributed by atoms with Crippen LogP contribution in [0.3, 0.4) is 0 Å². The number of rotatable bonds is 1. The normalized spacial score (nSPS) is 58.5. The van der Waals surface area contributed by atoms with Gasteiger partial charge >= 0.3 is 0 Å². The molecular weight excluding hydrogens is 372 g/mol. The van der Waals surface area contributed by atoms with E-state index in [-0.39, 0.29) is 39.8 Å². The zero-order valence-electron chi connectivity index (χ0n) is 14.1. The summed E-state index contributed by atoms with van der Waals surface area (Å²) in [6.45, 7) is 2.28. The van der Waals surface area contributed by atoms with Gasteiger partial charge in [0.25, 0.3) is 0 Å². The number of aliphatic hydroxyl groups excluding tert-OH is 1. The first-order valence-corrected chi connectivity index (χ1v) is 10.3. The molecule has 24 heavy (non-hydrogen) atoms. The number of aliphatic hydroxyl groups is 1. The molecule has 5 fully saturated rings. The Morgan fingerprint density at radius 3 is 2.75 bits per heavy atom. The minimum absolute atomic E-state index is 0.00919. The number of hydrogen-bond acceptors (Lipinski definition) is 4. The van der Waals surface area contributed by atoms with Crippen molar-refractivity contribution in [2.75, 3.05) is 6.61 Å². The van der Waals surface area contributed by atoms with Crippen LogP contribution in [0.4, 0.5) is 0 Å². The molecule has 1 heterocycles. The Labute approximate surface area is 150 Å². The van der Waals surface area contributed by atoms with Gasteiger partial charge in [0.1, 0.15) is 11.7 Å². The number of alkyl halides is 1. The third kappa shape index (κ3) is 1.59. The summed E-state index contributed by atoms with van der Waals surface area (Å²) in [5.41, 5.74) is -0.851. The van der Waals surface area contributed by atoms with E-state index in [0.29, 0.717) is 30.0 Å². The second kappa shape index (κ2) is 4.72.